The average molecular weight is 395 g/mol. The SMILES string of the molecule is CCCCC[C@@H](CCCC(=O)CCCC(OCC)OCC)OS(C)(=O)=O. The van der Waals surface area contributed by atoms with Crippen LogP contribution in [-0.4, -0.2) is 46.1 Å². The molecule has 0 fully saturated rings. The van der Waals surface area contributed by atoms with Crippen LogP contribution in [-0.2, 0) is 28.6 Å². The fraction of sp³-hybridized carbons (Fsp3) is 0.947. The summed E-state index contributed by atoms with van der Waals surface area (Å²) in [7, 11) is -3.46. The molecule has 0 saturated carbocycles. The van der Waals surface area contributed by atoms with Crippen molar-refractivity contribution in [2.75, 3.05) is 19.5 Å². The summed E-state index contributed by atoms with van der Waals surface area (Å²) in [5.74, 6) is 0.198. The van der Waals surface area contributed by atoms with E-state index in [1.54, 1.807) is 0 Å². The molecule has 0 saturated heterocycles. The molecule has 0 aromatic heterocycles. The first-order valence-corrected chi connectivity index (χ1v) is 11.8. The zero-order valence-corrected chi connectivity index (χ0v) is 17.8. The summed E-state index contributed by atoms with van der Waals surface area (Å²) in [4.78, 5) is 12.0. The Balaban J connectivity index is 4.08. The van der Waals surface area contributed by atoms with Gasteiger partial charge in [-0.15, -0.1) is 0 Å². The van der Waals surface area contributed by atoms with Gasteiger partial charge in [0.25, 0.3) is 10.1 Å². The van der Waals surface area contributed by atoms with Crippen molar-refractivity contribution in [3.63, 3.8) is 0 Å². The molecule has 0 unspecified atom stereocenters. The van der Waals surface area contributed by atoms with Gasteiger partial charge >= 0.3 is 0 Å². The monoisotopic (exact) mass is 394 g/mol. The topological polar surface area (TPSA) is 78.9 Å². The minimum Gasteiger partial charge on any atom is -0.353 e. The second-order valence-electron chi connectivity index (χ2n) is 6.58. The molecule has 0 bridgehead atoms. The number of carbonyl (C=O) groups is 1. The van der Waals surface area contributed by atoms with Crippen molar-refractivity contribution >= 4 is 15.9 Å². The molecule has 26 heavy (non-hydrogen) atoms. The first-order valence-electron chi connectivity index (χ1n) is 9.95. The summed E-state index contributed by atoms with van der Waals surface area (Å²) in [5, 5.41) is 0. The third-order valence-electron chi connectivity index (χ3n) is 4.02. The van der Waals surface area contributed by atoms with Crippen LogP contribution in [0.15, 0.2) is 0 Å². The maximum atomic E-state index is 12.0. The predicted octanol–water partition coefficient (Wildman–Crippen LogP) is 4.22. The van der Waals surface area contributed by atoms with Crippen molar-refractivity contribution in [1.29, 1.82) is 0 Å². The summed E-state index contributed by atoms with van der Waals surface area (Å²) >= 11 is 0. The predicted molar refractivity (Wildman–Crippen MR) is 104 cm³/mol. The molecular weight excluding hydrogens is 356 g/mol. The van der Waals surface area contributed by atoms with Crippen LogP contribution in [0.25, 0.3) is 0 Å². The van der Waals surface area contributed by atoms with Crippen LogP contribution in [0.3, 0.4) is 0 Å². The van der Waals surface area contributed by atoms with Crippen molar-refractivity contribution < 1.29 is 26.9 Å². The molecule has 1 atom stereocenters. The Hall–Kier alpha value is -0.500. The molecule has 0 aromatic rings. The Bertz CT molecular complexity index is 443. The molecule has 0 N–H and O–H groups in total. The molecule has 0 radical (unpaired) electrons. The van der Waals surface area contributed by atoms with Gasteiger partial charge in [0.2, 0.25) is 0 Å². The summed E-state index contributed by atoms with van der Waals surface area (Å²) in [5.41, 5.74) is 0. The van der Waals surface area contributed by atoms with Gasteiger partial charge in [0.1, 0.15) is 5.78 Å². The van der Waals surface area contributed by atoms with Gasteiger partial charge in [0.05, 0.1) is 12.4 Å². The maximum absolute atomic E-state index is 12.0. The lowest BCUT2D eigenvalue weighted by Gasteiger charge is -2.17. The smallest absolute Gasteiger partial charge is 0.264 e. The van der Waals surface area contributed by atoms with Crippen molar-refractivity contribution in [2.45, 2.75) is 97.4 Å². The molecule has 0 heterocycles. The average Bonchev–Trinajstić information content (AvgIpc) is 2.54. The van der Waals surface area contributed by atoms with Crippen LogP contribution in [0.1, 0.15) is 85.0 Å². The van der Waals surface area contributed by atoms with Crippen molar-refractivity contribution in [3.8, 4) is 0 Å². The molecule has 0 aliphatic heterocycles. The van der Waals surface area contributed by atoms with Gasteiger partial charge in [-0.3, -0.25) is 8.98 Å². The largest absolute Gasteiger partial charge is 0.353 e. The number of ether oxygens (including phenoxy) is 2. The summed E-state index contributed by atoms with van der Waals surface area (Å²) < 4.78 is 38.8. The molecule has 156 valence electrons. The van der Waals surface area contributed by atoms with Gasteiger partial charge in [-0.25, -0.2) is 0 Å². The Kier molecular flexibility index (Phi) is 15.2. The quantitative estimate of drug-likeness (QED) is 0.197. The van der Waals surface area contributed by atoms with Crippen LogP contribution in [0.4, 0.5) is 0 Å². The van der Waals surface area contributed by atoms with Gasteiger partial charge in [0.15, 0.2) is 6.29 Å². The van der Waals surface area contributed by atoms with Crippen LogP contribution in [0, 0.1) is 0 Å². The number of hydrogen-bond donors (Lipinski definition) is 0. The zero-order valence-electron chi connectivity index (χ0n) is 17.0. The second-order valence-corrected chi connectivity index (χ2v) is 8.18. The van der Waals surface area contributed by atoms with Crippen LogP contribution in [0.5, 0.6) is 0 Å². The lowest BCUT2D eigenvalue weighted by Crippen LogP contribution is -2.18. The van der Waals surface area contributed by atoms with E-state index in [0.717, 1.165) is 38.4 Å². The minimum atomic E-state index is -3.46. The highest BCUT2D eigenvalue weighted by Crippen LogP contribution is 2.16. The van der Waals surface area contributed by atoms with Crippen LogP contribution in [0.2, 0.25) is 0 Å². The molecule has 0 aromatic carbocycles. The summed E-state index contributed by atoms with van der Waals surface area (Å²) in [6.45, 7) is 7.14. The van der Waals surface area contributed by atoms with E-state index < -0.39 is 10.1 Å². The van der Waals surface area contributed by atoms with Gasteiger partial charge < -0.3 is 9.47 Å². The number of ketones is 1. The second kappa shape index (κ2) is 15.5. The van der Waals surface area contributed by atoms with E-state index in [0.29, 0.717) is 45.3 Å². The Morgan fingerprint density at radius 1 is 0.846 bits per heavy atom. The van der Waals surface area contributed by atoms with Gasteiger partial charge in [-0.1, -0.05) is 26.2 Å². The highest BCUT2D eigenvalue weighted by Gasteiger charge is 2.16. The molecule has 0 amide bonds. The molecule has 7 heteroatoms. The highest BCUT2D eigenvalue weighted by molar-refractivity contribution is 7.86. The van der Waals surface area contributed by atoms with Crippen molar-refractivity contribution in [2.24, 2.45) is 0 Å². The number of rotatable bonds is 18. The summed E-state index contributed by atoms with van der Waals surface area (Å²) in [6, 6.07) is 0. The number of hydrogen-bond acceptors (Lipinski definition) is 6. The van der Waals surface area contributed by atoms with E-state index in [4.69, 9.17) is 13.7 Å². The zero-order chi connectivity index (χ0) is 19.8. The number of Topliss-reactive ketones (excluding diaryl/α,β-unsaturated/α-hetero) is 1. The molecule has 0 rings (SSSR count). The fourth-order valence-corrected chi connectivity index (χ4v) is 3.50. The third kappa shape index (κ3) is 15.7. The Labute approximate surface area is 160 Å². The minimum absolute atomic E-state index is 0.198. The van der Waals surface area contributed by atoms with Crippen molar-refractivity contribution in [1.82, 2.24) is 0 Å². The first kappa shape index (κ1) is 25.5. The van der Waals surface area contributed by atoms with Crippen LogP contribution < -0.4 is 0 Å². The lowest BCUT2D eigenvalue weighted by atomic mass is 10.0. The van der Waals surface area contributed by atoms with E-state index in [9.17, 15) is 13.2 Å². The lowest BCUT2D eigenvalue weighted by molar-refractivity contribution is -0.141. The van der Waals surface area contributed by atoms with Gasteiger partial charge in [0, 0.05) is 26.1 Å². The van der Waals surface area contributed by atoms with E-state index in [2.05, 4.69) is 6.92 Å². The number of unbranched alkanes of at least 4 members (excludes halogenated alkanes) is 2. The first-order chi connectivity index (χ1) is 12.3. The van der Waals surface area contributed by atoms with E-state index in [1.807, 2.05) is 13.8 Å². The maximum Gasteiger partial charge on any atom is 0.264 e. The third-order valence-corrected chi connectivity index (χ3v) is 4.64. The van der Waals surface area contributed by atoms with E-state index in [1.165, 1.54) is 0 Å². The number of carbonyl (C=O) groups excluding carboxylic acids is 1. The molecule has 0 aliphatic carbocycles. The van der Waals surface area contributed by atoms with Crippen molar-refractivity contribution in [3.05, 3.63) is 0 Å². The standard InChI is InChI=1S/C19H38O6S/c1-5-8-9-14-18(25-26(4,21)22)15-10-12-17(20)13-11-16-19(23-6-2)24-7-3/h18-19H,5-16H2,1-4H3/t18-/m0/s1. The molecule has 0 aliphatic rings. The van der Waals surface area contributed by atoms with Gasteiger partial charge in [-0.05, 0) is 46.0 Å². The fourth-order valence-electron chi connectivity index (χ4n) is 2.81. The van der Waals surface area contributed by atoms with Crippen LogP contribution >= 0.6 is 0 Å². The van der Waals surface area contributed by atoms with E-state index in [-0.39, 0.29) is 18.2 Å². The summed E-state index contributed by atoms with van der Waals surface area (Å²) in [6.07, 6.45) is 8.02. The highest BCUT2D eigenvalue weighted by atomic mass is 32.2. The van der Waals surface area contributed by atoms with E-state index >= 15 is 0 Å². The molecule has 0 spiro atoms. The molecule has 6 nitrogen and oxygen atoms in total. The Morgan fingerprint density at radius 2 is 1.38 bits per heavy atom. The Morgan fingerprint density at radius 3 is 1.88 bits per heavy atom. The normalized spacial score (nSPS) is 13.3. The van der Waals surface area contributed by atoms with Gasteiger partial charge in [-0.2, -0.15) is 8.42 Å². The molecular formula is C19H38O6S.